The molecular formula is C28H33N7O2S. The Labute approximate surface area is 227 Å². The lowest BCUT2D eigenvalue weighted by Gasteiger charge is -2.37. The number of hydrogen-bond donors (Lipinski definition) is 2. The molecular weight excluding hydrogens is 498 g/mol. The van der Waals surface area contributed by atoms with Crippen LogP contribution in [0.15, 0.2) is 41.8 Å². The molecule has 198 valence electrons. The summed E-state index contributed by atoms with van der Waals surface area (Å²) in [4.78, 5) is 29.0. The van der Waals surface area contributed by atoms with Crippen LogP contribution in [0, 0.1) is 18.3 Å². The summed E-state index contributed by atoms with van der Waals surface area (Å²) in [7, 11) is 0. The number of nitrogens with zero attached hydrogens (tertiary/aromatic N) is 5. The minimum absolute atomic E-state index is 0.133. The molecule has 0 spiro atoms. The first kappa shape index (κ1) is 26.2. The van der Waals surface area contributed by atoms with Gasteiger partial charge in [0.2, 0.25) is 0 Å². The Morgan fingerprint density at radius 2 is 1.95 bits per heavy atom. The second-order valence-corrected chi connectivity index (χ2v) is 10.9. The number of anilines is 2. The highest BCUT2D eigenvalue weighted by atomic mass is 32.1. The molecule has 9 nitrogen and oxygen atoms in total. The van der Waals surface area contributed by atoms with Crippen LogP contribution in [0.4, 0.5) is 10.9 Å². The van der Waals surface area contributed by atoms with Gasteiger partial charge in [-0.1, -0.05) is 30.3 Å². The number of hydrogen-bond acceptors (Lipinski definition) is 9. The smallest absolute Gasteiger partial charge is 0.270 e. The highest BCUT2D eigenvalue weighted by Gasteiger charge is 2.35. The van der Waals surface area contributed by atoms with Crippen molar-refractivity contribution in [2.45, 2.75) is 43.9 Å². The van der Waals surface area contributed by atoms with Gasteiger partial charge in [0.05, 0.1) is 12.6 Å². The summed E-state index contributed by atoms with van der Waals surface area (Å²) in [5.74, 6) is 1.53. The molecule has 0 radical (unpaired) electrons. The van der Waals surface area contributed by atoms with Gasteiger partial charge in [0.15, 0.2) is 5.13 Å². The van der Waals surface area contributed by atoms with Crippen molar-refractivity contribution in [2.75, 3.05) is 44.7 Å². The summed E-state index contributed by atoms with van der Waals surface area (Å²) < 4.78 is 5.61. The van der Waals surface area contributed by atoms with Gasteiger partial charge in [-0.25, -0.2) is 15.0 Å². The predicted molar refractivity (Wildman–Crippen MR) is 147 cm³/mol. The molecule has 1 amide bonds. The van der Waals surface area contributed by atoms with Crippen molar-refractivity contribution in [3.05, 3.63) is 64.6 Å². The molecule has 0 atom stereocenters. The van der Waals surface area contributed by atoms with Gasteiger partial charge in [-0.05, 0) is 51.3 Å². The quantitative estimate of drug-likeness (QED) is 0.416. The Morgan fingerprint density at radius 3 is 2.68 bits per heavy atom. The number of nitriles is 1. The molecule has 1 aromatic carbocycles. The third kappa shape index (κ3) is 6.18. The molecule has 4 heterocycles. The molecule has 0 saturated carbocycles. The molecule has 0 aliphatic carbocycles. The summed E-state index contributed by atoms with van der Waals surface area (Å²) in [6, 6.07) is 14.6. The van der Waals surface area contributed by atoms with Crippen LogP contribution in [0.3, 0.4) is 0 Å². The number of thiazole rings is 1. The minimum atomic E-state index is -0.181. The molecule has 0 unspecified atom stereocenters. The second kappa shape index (κ2) is 12.0. The van der Waals surface area contributed by atoms with E-state index in [-0.39, 0.29) is 11.3 Å². The first-order valence-corrected chi connectivity index (χ1v) is 14.0. The summed E-state index contributed by atoms with van der Waals surface area (Å²) in [6.07, 6.45) is 3.67. The lowest BCUT2D eigenvalue weighted by Crippen LogP contribution is -2.44. The molecule has 5 rings (SSSR count). The highest BCUT2D eigenvalue weighted by Crippen LogP contribution is 2.34. The van der Waals surface area contributed by atoms with E-state index in [2.05, 4.69) is 48.7 Å². The van der Waals surface area contributed by atoms with Gasteiger partial charge in [-0.15, -0.1) is 11.3 Å². The second-order valence-electron chi connectivity index (χ2n) is 10.0. The third-order valence-electron chi connectivity index (χ3n) is 7.55. The summed E-state index contributed by atoms with van der Waals surface area (Å²) in [5.41, 5.74) is 2.50. The molecule has 2 aliphatic heterocycles. The fraction of sp³-hybridized carbons (Fsp3) is 0.464. The van der Waals surface area contributed by atoms with Crippen molar-refractivity contribution >= 4 is 28.2 Å². The van der Waals surface area contributed by atoms with Gasteiger partial charge < -0.3 is 15.4 Å². The predicted octanol–water partition coefficient (Wildman–Crippen LogP) is 4.17. The van der Waals surface area contributed by atoms with Gasteiger partial charge in [0, 0.05) is 48.2 Å². The van der Waals surface area contributed by atoms with E-state index in [4.69, 9.17) is 10.00 Å². The van der Waals surface area contributed by atoms with Gasteiger partial charge >= 0.3 is 0 Å². The monoisotopic (exact) mass is 531 g/mol. The van der Waals surface area contributed by atoms with Gasteiger partial charge in [-0.3, -0.25) is 9.69 Å². The Bertz CT molecular complexity index is 1280. The maximum atomic E-state index is 13.0. The highest BCUT2D eigenvalue weighted by molar-refractivity contribution is 7.14. The Kier molecular flexibility index (Phi) is 8.27. The average molecular weight is 532 g/mol. The number of aryl methyl sites for hydroxylation is 1. The van der Waals surface area contributed by atoms with Crippen LogP contribution in [-0.2, 0) is 10.2 Å². The van der Waals surface area contributed by atoms with Crippen molar-refractivity contribution < 1.29 is 9.53 Å². The maximum absolute atomic E-state index is 13.0. The van der Waals surface area contributed by atoms with E-state index >= 15 is 0 Å². The van der Waals surface area contributed by atoms with E-state index in [0.29, 0.717) is 54.7 Å². The van der Waals surface area contributed by atoms with Crippen LogP contribution in [0.1, 0.15) is 59.2 Å². The number of nitrogens with one attached hydrogen (secondary N) is 2. The first-order chi connectivity index (χ1) is 18.5. The van der Waals surface area contributed by atoms with E-state index < -0.39 is 0 Å². The fourth-order valence-electron chi connectivity index (χ4n) is 5.36. The molecule has 2 fully saturated rings. The number of carbonyl (C=O) groups excluding carboxylic acids is 1. The first-order valence-electron chi connectivity index (χ1n) is 13.1. The lowest BCUT2D eigenvalue weighted by molar-refractivity contribution is 0.0487. The number of likely N-dealkylation sites (tertiary alicyclic amines) is 1. The number of ether oxygens (including phenoxy) is 1. The summed E-state index contributed by atoms with van der Waals surface area (Å²) >= 11 is 1.38. The van der Waals surface area contributed by atoms with E-state index in [1.165, 1.54) is 16.9 Å². The molecule has 2 saturated heterocycles. The van der Waals surface area contributed by atoms with Gasteiger partial charge in [-0.2, -0.15) is 5.26 Å². The van der Waals surface area contributed by atoms with Crippen LogP contribution in [0.5, 0.6) is 0 Å². The topological polar surface area (TPSA) is 116 Å². The van der Waals surface area contributed by atoms with Gasteiger partial charge in [0.25, 0.3) is 5.91 Å². The molecule has 38 heavy (non-hydrogen) atoms. The van der Waals surface area contributed by atoms with Crippen molar-refractivity contribution in [2.24, 2.45) is 0 Å². The zero-order chi connectivity index (χ0) is 26.4. The van der Waals surface area contributed by atoms with Crippen molar-refractivity contribution in [1.29, 1.82) is 5.26 Å². The lowest BCUT2D eigenvalue weighted by atomic mass is 9.74. The van der Waals surface area contributed by atoms with E-state index in [1.807, 2.05) is 31.2 Å². The minimum Gasteiger partial charge on any atom is -0.381 e. The van der Waals surface area contributed by atoms with E-state index in [1.54, 1.807) is 5.38 Å². The number of carbonyl (C=O) groups is 1. The zero-order valence-corrected chi connectivity index (χ0v) is 22.5. The van der Waals surface area contributed by atoms with Crippen molar-refractivity contribution in [1.82, 2.24) is 25.2 Å². The number of piperidine rings is 1. The number of aromatic nitrogens is 3. The van der Waals surface area contributed by atoms with Gasteiger partial charge in [0.1, 0.15) is 17.3 Å². The van der Waals surface area contributed by atoms with Crippen LogP contribution < -0.4 is 10.6 Å². The Balaban J connectivity index is 1.22. The zero-order valence-electron chi connectivity index (χ0n) is 21.7. The summed E-state index contributed by atoms with van der Waals surface area (Å²) in [6.45, 7) is 6.08. The molecule has 10 heteroatoms. The fourth-order valence-corrected chi connectivity index (χ4v) is 6.05. The normalized spacial score (nSPS) is 18.0. The third-order valence-corrected chi connectivity index (χ3v) is 8.31. The largest absolute Gasteiger partial charge is 0.381 e. The van der Waals surface area contributed by atoms with Crippen LogP contribution in [0.25, 0.3) is 0 Å². The van der Waals surface area contributed by atoms with Crippen molar-refractivity contribution in [3.63, 3.8) is 0 Å². The molecule has 2 aromatic heterocycles. The molecule has 0 bridgehead atoms. The van der Waals surface area contributed by atoms with Crippen LogP contribution in [-0.4, -0.2) is 65.2 Å². The standard InChI is InChI=1S/C28H33N7O2S/c1-20-31-23(21-7-12-35(13-8-21)14-11-29)17-25(32-20)34-27-33-24(18-38-27)26(36)30-19-28(9-15-37-16-10-28)22-5-3-2-4-6-22/h2-6,17-18,21H,7-10,12-16,19H2,1H3,(H,30,36)(H,31,32,33,34). The molecule has 3 aromatic rings. The number of benzene rings is 1. The molecule has 2 N–H and O–H groups in total. The maximum Gasteiger partial charge on any atom is 0.270 e. The van der Waals surface area contributed by atoms with Crippen LogP contribution in [0.2, 0.25) is 0 Å². The SMILES string of the molecule is Cc1nc(Nc2nc(C(=O)NCC3(c4ccccc4)CCOCC3)cs2)cc(C2CCN(CC#N)CC2)n1. The van der Waals surface area contributed by atoms with E-state index in [9.17, 15) is 4.79 Å². The molecule has 2 aliphatic rings. The number of rotatable bonds is 8. The van der Waals surface area contributed by atoms with Crippen LogP contribution >= 0.6 is 11.3 Å². The van der Waals surface area contributed by atoms with E-state index in [0.717, 1.165) is 44.5 Å². The number of amides is 1. The van der Waals surface area contributed by atoms with Crippen molar-refractivity contribution in [3.8, 4) is 6.07 Å². The Hall–Kier alpha value is -3.39. The summed E-state index contributed by atoms with van der Waals surface area (Å²) in [5, 5.41) is 17.7. The Morgan fingerprint density at radius 1 is 1.18 bits per heavy atom. The average Bonchev–Trinajstić information content (AvgIpc) is 3.41.